The molecule has 122 valence electrons. The molecule has 1 N–H and O–H groups in total. The number of benzene rings is 2. The number of carbonyl (C=O) groups is 1. The monoisotopic (exact) mass is 328 g/mol. The maximum absolute atomic E-state index is 12.1. The Bertz CT molecular complexity index is 848. The van der Waals surface area contributed by atoms with Crippen molar-refractivity contribution in [3.63, 3.8) is 0 Å². The molecule has 0 radical (unpaired) electrons. The number of nitrogens with zero attached hydrogens (tertiary/aromatic N) is 3. The number of hydrazone groups is 1. The van der Waals surface area contributed by atoms with Crippen molar-refractivity contribution in [1.29, 1.82) is 0 Å². The van der Waals surface area contributed by atoms with Gasteiger partial charge in [0, 0.05) is 29.3 Å². The topological polar surface area (TPSA) is 128 Å². The molecule has 0 saturated heterocycles. The Balaban J connectivity index is 2.14. The molecule has 0 saturated carbocycles. The van der Waals surface area contributed by atoms with E-state index in [4.69, 9.17) is 0 Å². The fourth-order valence-corrected chi connectivity index (χ4v) is 2.01. The van der Waals surface area contributed by atoms with E-state index < -0.39 is 15.8 Å². The van der Waals surface area contributed by atoms with Gasteiger partial charge in [0.05, 0.1) is 21.6 Å². The van der Waals surface area contributed by atoms with Crippen LogP contribution in [0.4, 0.5) is 11.4 Å². The Labute approximate surface area is 135 Å². The largest absolute Gasteiger partial charge is 0.273 e. The molecule has 0 spiro atoms. The minimum atomic E-state index is -0.613. The summed E-state index contributed by atoms with van der Waals surface area (Å²) in [6.45, 7) is 1.47. The van der Waals surface area contributed by atoms with E-state index in [1.54, 1.807) is 6.07 Å². The molecule has 0 aliphatic heterocycles. The normalized spacial score (nSPS) is 10.5. The molecule has 0 aliphatic carbocycles. The SMILES string of the molecule is Cc1c(C(=O)N/N=C\c2cccc([N+](=O)[O-])c2)cccc1[N+](=O)[O-]. The minimum absolute atomic E-state index is 0.0974. The highest BCUT2D eigenvalue weighted by molar-refractivity contribution is 5.97. The van der Waals surface area contributed by atoms with Crippen molar-refractivity contribution in [2.45, 2.75) is 6.92 Å². The molecule has 1 amide bonds. The number of nitro groups is 2. The maximum Gasteiger partial charge on any atom is 0.273 e. The summed E-state index contributed by atoms with van der Waals surface area (Å²) >= 11 is 0. The lowest BCUT2D eigenvalue weighted by molar-refractivity contribution is -0.385. The number of hydrogen-bond donors (Lipinski definition) is 1. The first kappa shape index (κ1) is 16.7. The van der Waals surface area contributed by atoms with Crippen LogP contribution in [0, 0.1) is 27.2 Å². The molecule has 0 bridgehead atoms. The summed E-state index contributed by atoms with van der Waals surface area (Å²) in [7, 11) is 0. The highest BCUT2D eigenvalue weighted by Crippen LogP contribution is 2.20. The van der Waals surface area contributed by atoms with Gasteiger partial charge >= 0.3 is 0 Å². The van der Waals surface area contributed by atoms with Crippen LogP contribution in [-0.4, -0.2) is 22.0 Å². The average molecular weight is 328 g/mol. The number of nitro benzene ring substituents is 2. The van der Waals surface area contributed by atoms with E-state index in [-0.39, 0.29) is 22.5 Å². The van der Waals surface area contributed by atoms with Crippen LogP contribution in [-0.2, 0) is 0 Å². The molecule has 0 atom stereocenters. The van der Waals surface area contributed by atoms with Gasteiger partial charge in [-0.25, -0.2) is 5.43 Å². The van der Waals surface area contributed by atoms with E-state index in [1.807, 2.05) is 0 Å². The van der Waals surface area contributed by atoms with Crippen LogP contribution in [0.2, 0.25) is 0 Å². The summed E-state index contributed by atoms with van der Waals surface area (Å²) in [4.78, 5) is 32.5. The van der Waals surface area contributed by atoms with Crippen molar-refractivity contribution < 1.29 is 14.6 Å². The van der Waals surface area contributed by atoms with Crippen LogP contribution in [0.5, 0.6) is 0 Å². The van der Waals surface area contributed by atoms with Gasteiger partial charge in [-0.1, -0.05) is 18.2 Å². The summed E-state index contributed by atoms with van der Waals surface area (Å²) in [5.74, 6) is -0.613. The van der Waals surface area contributed by atoms with Crippen LogP contribution in [0.25, 0.3) is 0 Å². The van der Waals surface area contributed by atoms with Crippen LogP contribution in [0.1, 0.15) is 21.5 Å². The lowest BCUT2D eigenvalue weighted by Crippen LogP contribution is -2.19. The Kier molecular flexibility index (Phi) is 4.95. The second kappa shape index (κ2) is 7.09. The molecule has 24 heavy (non-hydrogen) atoms. The lowest BCUT2D eigenvalue weighted by Gasteiger charge is -2.04. The van der Waals surface area contributed by atoms with Crippen molar-refractivity contribution in [3.8, 4) is 0 Å². The zero-order valence-corrected chi connectivity index (χ0v) is 12.5. The molecule has 2 rings (SSSR count). The predicted octanol–water partition coefficient (Wildman–Crippen LogP) is 2.58. The molecule has 0 aromatic heterocycles. The second-order valence-electron chi connectivity index (χ2n) is 4.76. The summed E-state index contributed by atoms with van der Waals surface area (Å²) in [5.41, 5.74) is 2.77. The van der Waals surface area contributed by atoms with Gasteiger partial charge in [0.1, 0.15) is 0 Å². The molecule has 0 heterocycles. The first-order valence-electron chi connectivity index (χ1n) is 6.72. The van der Waals surface area contributed by atoms with E-state index >= 15 is 0 Å². The molecule has 0 fully saturated rings. The van der Waals surface area contributed by atoms with Crippen molar-refractivity contribution in [1.82, 2.24) is 5.43 Å². The Morgan fingerprint density at radius 1 is 1.12 bits per heavy atom. The summed E-state index contributed by atoms with van der Waals surface area (Å²) < 4.78 is 0. The van der Waals surface area contributed by atoms with Crippen LogP contribution in [0.3, 0.4) is 0 Å². The summed E-state index contributed by atoms with van der Waals surface area (Å²) in [6.07, 6.45) is 1.25. The highest BCUT2D eigenvalue weighted by Gasteiger charge is 2.17. The van der Waals surface area contributed by atoms with Gasteiger partial charge < -0.3 is 0 Å². The Morgan fingerprint density at radius 3 is 2.50 bits per heavy atom. The molecule has 2 aromatic carbocycles. The van der Waals surface area contributed by atoms with E-state index in [2.05, 4.69) is 10.5 Å². The zero-order valence-electron chi connectivity index (χ0n) is 12.5. The molecule has 2 aromatic rings. The third-order valence-electron chi connectivity index (χ3n) is 3.21. The number of hydrogen-bond acceptors (Lipinski definition) is 6. The van der Waals surface area contributed by atoms with Gasteiger partial charge in [-0.3, -0.25) is 25.0 Å². The van der Waals surface area contributed by atoms with E-state index in [1.165, 1.54) is 49.5 Å². The molecule has 0 unspecified atom stereocenters. The van der Waals surface area contributed by atoms with E-state index in [0.717, 1.165) is 0 Å². The fourth-order valence-electron chi connectivity index (χ4n) is 2.01. The van der Waals surface area contributed by atoms with E-state index in [0.29, 0.717) is 5.56 Å². The molecule has 9 nitrogen and oxygen atoms in total. The van der Waals surface area contributed by atoms with Gasteiger partial charge in [0.2, 0.25) is 0 Å². The number of non-ortho nitro benzene ring substituents is 1. The second-order valence-corrected chi connectivity index (χ2v) is 4.76. The van der Waals surface area contributed by atoms with Crippen molar-refractivity contribution in [2.24, 2.45) is 5.10 Å². The smallest absolute Gasteiger partial charge is 0.267 e. The molecule has 0 aliphatic rings. The van der Waals surface area contributed by atoms with E-state index in [9.17, 15) is 25.0 Å². The number of carbonyl (C=O) groups excluding carboxylic acids is 1. The number of amides is 1. The standard InChI is InChI=1S/C15H12N4O5/c1-10-13(6-3-7-14(10)19(23)24)15(20)17-16-9-11-4-2-5-12(8-11)18(21)22/h2-9H,1H3,(H,17,20)/b16-9-. The Morgan fingerprint density at radius 2 is 1.83 bits per heavy atom. The van der Waals surface area contributed by atoms with Gasteiger partial charge in [-0.05, 0) is 13.0 Å². The quantitative estimate of drug-likeness (QED) is 0.512. The zero-order chi connectivity index (χ0) is 17.7. The van der Waals surface area contributed by atoms with Crippen molar-refractivity contribution >= 4 is 23.5 Å². The minimum Gasteiger partial charge on any atom is -0.267 e. The predicted molar refractivity (Wildman–Crippen MR) is 86.0 cm³/mol. The van der Waals surface area contributed by atoms with Gasteiger partial charge in [-0.15, -0.1) is 0 Å². The first-order valence-corrected chi connectivity index (χ1v) is 6.72. The molecular weight excluding hydrogens is 316 g/mol. The number of rotatable bonds is 5. The third kappa shape index (κ3) is 3.77. The third-order valence-corrected chi connectivity index (χ3v) is 3.21. The van der Waals surface area contributed by atoms with Gasteiger partial charge in [0.15, 0.2) is 0 Å². The first-order chi connectivity index (χ1) is 11.4. The fraction of sp³-hybridized carbons (Fsp3) is 0.0667. The van der Waals surface area contributed by atoms with Crippen LogP contribution >= 0.6 is 0 Å². The van der Waals surface area contributed by atoms with Crippen LogP contribution in [0.15, 0.2) is 47.6 Å². The number of nitrogens with one attached hydrogen (secondary N) is 1. The van der Waals surface area contributed by atoms with Crippen molar-refractivity contribution in [3.05, 3.63) is 79.4 Å². The molecular formula is C15H12N4O5. The van der Waals surface area contributed by atoms with Gasteiger partial charge in [-0.2, -0.15) is 5.10 Å². The maximum atomic E-state index is 12.1. The van der Waals surface area contributed by atoms with Gasteiger partial charge in [0.25, 0.3) is 17.3 Å². The highest BCUT2D eigenvalue weighted by atomic mass is 16.6. The molecule has 9 heteroatoms. The van der Waals surface area contributed by atoms with Crippen molar-refractivity contribution in [2.75, 3.05) is 0 Å². The Hall–Kier alpha value is -3.62. The average Bonchev–Trinajstić information content (AvgIpc) is 2.54. The lowest BCUT2D eigenvalue weighted by atomic mass is 10.1. The summed E-state index contributed by atoms with van der Waals surface area (Å²) in [5, 5.41) is 25.3. The van der Waals surface area contributed by atoms with Crippen LogP contribution < -0.4 is 5.43 Å². The summed E-state index contributed by atoms with van der Waals surface area (Å²) in [6, 6.07) is 9.87.